The van der Waals surface area contributed by atoms with Gasteiger partial charge < -0.3 is 25.0 Å². The van der Waals surface area contributed by atoms with E-state index in [2.05, 4.69) is 47.9 Å². The molecule has 4 amide bonds. The molecule has 1 aliphatic carbocycles. The van der Waals surface area contributed by atoms with Crippen LogP contribution in [0, 0.1) is 17.2 Å². The number of hydrogen-bond donors (Lipinski definition) is 3. The molecule has 3 fully saturated rings. The summed E-state index contributed by atoms with van der Waals surface area (Å²) in [6.45, 7) is 9.02. The van der Waals surface area contributed by atoms with Crippen molar-refractivity contribution in [3.8, 4) is 29.2 Å². The molecule has 0 bridgehead atoms. The zero-order chi connectivity index (χ0) is 37.3. The normalized spacial score (nSPS) is 20.0. The molecule has 0 spiro atoms. The van der Waals surface area contributed by atoms with Crippen LogP contribution in [0.4, 0.5) is 21.9 Å². The number of carbonyl (C=O) groups is 3. The molecule has 3 aliphatic heterocycles. The first kappa shape index (κ1) is 35.1. The number of anilines is 3. The number of piperazine rings is 1. The molecule has 2 aromatic heterocycles. The minimum atomic E-state index is -0.411. The molecule has 4 aromatic rings. The first-order valence-electron chi connectivity index (χ1n) is 18.7. The van der Waals surface area contributed by atoms with Crippen molar-refractivity contribution in [2.45, 2.75) is 58.0 Å². The van der Waals surface area contributed by atoms with Crippen molar-refractivity contribution >= 4 is 45.7 Å². The highest BCUT2D eigenvalue weighted by molar-refractivity contribution is 6.11. The summed E-state index contributed by atoms with van der Waals surface area (Å²) in [6.07, 6.45) is 9.24. The van der Waals surface area contributed by atoms with E-state index in [-0.39, 0.29) is 36.2 Å². The van der Waals surface area contributed by atoms with Gasteiger partial charge in [0.25, 0.3) is 11.8 Å². The van der Waals surface area contributed by atoms with E-state index >= 15 is 0 Å². The largest absolute Gasteiger partial charge is 0.445 e. The van der Waals surface area contributed by atoms with E-state index in [1.54, 1.807) is 29.3 Å². The maximum absolute atomic E-state index is 13.7. The van der Waals surface area contributed by atoms with Gasteiger partial charge >= 0.3 is 6.03 Å². The Kier molecular flexibility index (Phi) is 9.64. The molecule has 8 rings (SSSR count). The van der Waals surface area contributed by atoms with Crippen LogP contribution in [0.3, 0.4) is 0 Å². The second-order valence-corrected chi connectivity index (χ2v) is 14.7. The van der Waals surface area contributed by atoms with Crippen molar-refractivity contribution in [3.05, 3.63) is 66.1 Å². The van der Waals surface area contributed by atoms with Gasteiger partial charge in [-0.1, -0.05) is 12.1 Å². The molecule has 2 aromatic carbocycles. The molecule has 3 N–H and O–H groups in total. The fraction of sp³-hybridized carbons (Fsp3) is 0.400. The Morgan fingerprint density at radius 1 is 0.963 bits per heavy atom. The molecule has 5 heterocycles. The predicted molar refractivity (Wildman–Crippen MR) is 203 cm³/mol. The highest BCUT2D eigenvalue weighted by atomic mass is 16.6. The SMILES string of the molecule is CC(C)Nc1c(C(=O)NC2CCC(CN3CCN(c4cccc5c(N6CCC(=O)NC6=O)cncc45)CC3)CC2)cnc2c1Oc1ccc(C#N)cc1O2. The predicted octanol–water partition coefficient (Wildman–Crippen LogP) is 5.78. The van der Waals surface area contributed by atoms with Crippen molar-refractivity contribution in [3.63, 3.8) is 0 Å². The maximum Gasteiger partial charge on any atom is 0.328 e. The molecular formula is C40H43N9O5. The zero-order valence-electron chi connectivity index (χ0n) is 30.4. The third kappa shape index (κ3) is 7.06. The number of urea groups is 1. The Bertz CT molecular complexity index is 2150. The van der Waals surface area contributed by atoms with Gasteiger partial charge in [-0.25, -0.2) is 9.78 Å². The molecule has 0 unspecified atom stereocenters. The van der Waals surface area contributed by atoms with Crippen molar-refractivity contribution in [2.75, 3.05) is 54.4 Å². The fourth-order valence-electron chi connectivity index (χ4n) is 7.94. The van der Waals surface area contributed by atoms with Crippen LogP contribution in [0.25, 0.3) is 10.8 Å². The van der Waals surface area contributed by atoms with E-state index < -0.39 is 6.03 Å². The minimum Gasteiger partial charge on any atom is -0.445 e. The van der Waals surface area contributed by atoms with E-state index in [1.807, 2.05) is 32.2 Å². The minimum absolute atomic E-state index is 0.0198. The van der Waals surface area contributed by atoms with Gasteiger partial charge in [0.2, 0.25) is 11.7 Å². The Labute approximate surface area is 313 Å². The zero-order valence-corrected chi connectivity index (χ0v) is 30.4. The van der Waals surface area contributed by atoms with Gasteiger partial charge in [0.1, 0.15) is 0 Å². The first-order chi connectivity index (χ1) is 26.2. The van der Waals surface area contributed by atoms with E-state index in [0.717, 1.165) is 74.9 Å². The topological polar surface area (TPSA) is 165 Å². The number of pyridine rings is 2. The van der Waals surface area contributed by atoms with Gasteiger partial charge in [-0.2, -0.15) is 5.26 Å². The summed E-state index contributed by atoms with van der Waals surface area (Å²) in [5.41, 5.74) is 3.19. The monoisotopic (exact) mass is 729 g/mol. The summed E-state index contributed by atoms with van der Waals surface area (Å²) >= 11 is 0. The molecule has 1 saturated carbocycles. The number of rotatable bonds is 8. The van der Waals surface area contributed by atoms with E-state index in [0.29, 0.717) is 52.2 Å². The smallest absolute Gasteiger partial charge is 0.328 e. The van der Waals surface area contributed by atoms with Gasteiger partial charge in [-0.05, 0) is 63.6 Å². The number of imide groups is 1. The number of fused-ring (bicyclic) bond motifs is 3. The standard InChI is InChI=1S/C40H43N9O5/c1-24(2)44-36-30(21-43-39-37(36)53-33-11-8-26(19-41)18-34(33)54-39)38(51)45-27-9-6-25(7-10-27)23-47-14-16-48(17-15-47)31-5-3-4-28-29(31)20-42-22-32(28)49-13-12-35(50)46-40(49)52/h3-5,8,11,18,20-22,24-25,27H,6-7,9-10,12-17,23H2,1-2H3,(H,43,44)(H,45,51)(H,46,50,52). The third-order valence-electron chi connectivity index (χ3n) is 10.7. The average Bonchev–Trinajstić information content (AvgIpc) is 3.17. The Balaban J connectivity index is 0.857. The number of aromatic nitrogens is 2. The molecule has 54 heavy (non-hydrogen) atoms. The van der Waals surface area contributed by atoms with Crippen molar-refractivity contribution < 1.29 is 23.9 Å². The summed E-state index contributed by atoms with van der Waals surface area (Å²) in [7, 11) is 0. The highest BCUT2D eigenvalue weighted by Gasteiger charge is 2.31. The number of nitrogens with one attached hydrogen (secondary N) is 3. The first-order valence-corrected chi connectivity index (χ1v) is 18.7. The number of nitrogens with zero attached hydrogens (tertiary/aromatic N) is 6. The lowest BCUT2D eigenvalue weighted by molar-refractivity contribution is -0.120. The Morgan fingerprint density at radius 2 is 1.78 bits per heavy atom. The number of benzene rings is 2. The molecule has 4 aliphatic rings. The van der Waals surface area contributed by atoms with Gasteiger partial charge in [0.15, 0.2) is 11.5 Å². The van der Waals surface area contributed by atoms with Gasteiger partial charge in [0, 0.05) is 92.7 Å². The molecule has 0 atom stereocenters. The maximum atomic E-state index is 13.7. The Hall–Kier alpha value is -5.94. The van der Waals surface area contributed by atoms with E-state index in [9.17, 15) is 19.6 Å². The number of carbonyl (C=O) groups excluding carboxylic acids is 3. The molecular weight excluding hydrogens is 686 g/mol. The summed E-state index contributed by atoms with van der Waals surface area (Å²) < 4.78 is 12.2. The van der Waals surface area contributed by atoms with Gasteiger partial charge in [-0.15, -0.1) is 0 Å². The van der Waals surface area contributed by atoms with Gasteiger partial charge in [0.05, 0.1) is 34.8 Å². The molecule has 14 nitrogen and oxygen atoms in total. The summed E-state index contributed by atoms with van der Waals surface area (Å²) in [4.78, 5) is 53.5. The van der Waals surface area contributed by atoms with Crippen molar-refractivity contribution in [2.24, 2.45) is 5.92 Å². The highest BCUT2D eigenvalue weighted by Crippen LogP contribution is 2.49. The molecule has 2 saturated heterocycles. The van der Waals surface area contributed by atoms with Crippen LogP contribution in [0.5, 0.6) is 23.1 Å². The van der Waals surface area contributed by atoms with Crippen LogP contribution < -0.4 is 35.2 Å². The van der Waals surface area contributed by atoms with Crippen molar-refractivity contribution in [1.29, 1.82) is 5.26 Å². The molecule has 0 radical (unpaired) electrons. The number of amides is 4. The second kappa shape index (κ2) is 14.8. The van der Waals surface area contributed by atoms with E-state index in [1.165, 1.54) is 6.20 Å². The van der Waals surface area contributed by atoms with E-state index in [4.69, 9.17) is 9.47 Å². The summed E-state index contributed by atoms with van der Waals surface area (Å²) in [5, 5.41) is 20.3. The lowest BCUT2D eigenvalue weighted by atomic mass is 9.85. The number of hydrogen-bond acceptors (Lipinski definition) is 11. The lowest BCUT2D eigenvalue weighted by Gasteiger charge is -2.39. The van der Waals surface area contributed by atoms with Crippen LogP contribution in [0.15, 0.2) is 55.0 Å². The number of ether oxygens (including phenoxy) is 2. The molecule has 14 heteroatoms. The number of nitriles is 1. The summed E-state index contributed by atoms with van der Waals surface area (Å²) in [5.74, 6) is 1.56. The van der Waals surface area contributed by atoms with Gasteiger partial charge in [-0.3, -0.25) is 29.7 Å². The Morgan fingerprint density at radius 3 is 2.54 bits per heavy atom. The quantitative estimate of drug-likeness (QED) is 0.177. The molecule has 278 valence electrons. The lowest BCUT2D eigenvalue weighted by Crippen LogP contribution is -2.49. The fourth-order valence-corrected chi connectivity index (χ4v) is 7.94. The van der Waals surface area contributed by atoms with Crippen molar-refractivity contribution in [1.82, 2.24) is 25.5 Å². The second-order valence-electron chi connectivity index (χ2n) is 14.7. The van der Waals surface area contributed by atoms with Crippen LogP contribution in [-0.2, 0) is 4.79 Å². The van der Waals surface area contributed by atoms with Crippen LogP contribution in [0.2, 0.25) is 0 Å². The third-order valence-corrected chi connectivity index (χ3v) is 10.7. The van der Waals surface area contributed by atoms with Crippen LogP contribution in [-0.4, -0.2) is 84.1 Å². The summed E-state index contributed by atoms with van der Waals surface area (Å²) in [6, 6.07) is 12.9. The van der Waals surface area contributed by atoms with Crippen LogP contribution in [0.1, 0.15) is 61.9 Å². The average molecular weight is 730 g/mol. The van der Waals surface area contributed by atoms with Crippen LogP contribution >= 0.6 is 0 Å².